The lowest BCUT2D eigenvalue weighted by Crippen LogP contribution is -2.61. The number of nitrogens with one attached hydrogen (secondary N) is 1. The first-order valence-corrected chi connectivity index (χ1v) is 6.47. The molecule has 2 aliphatic rings. The fourth-order valence-electron chi connectivity index (χ4n) is 3.34. The molecule has 1 saturated carbocycles. The molecular formula is C12H15N3O2S. The molecule has 1 saturated heterocycles. The average Bonchev–Trinajstić information content (AvgIpc) is 2.29. The lowest BCUT2D eigenvalue weighted by atomic mass is 9.57. The van der Waals surface area contributed by atoms with Crippen molar-refractivity contribution in [3.8, 4) is 6.07 Å². The molecule has 1 heterocycles. The van der Waals surface area contributed by atoms with Crippen LogP contribution in [0.1, 0.15) is 32.1 Å². The van der Waals surface area contributed by atoms with Crippen molar-refractivity contribution in [2.45, 2.75) is 32.1 Å². The number of hydrogen-bond donors (Lipinski definition) is 2. The Balaban J connectivity index is 2.49. The Labute approximate surface area is 111 Å². The standard InChI is InChI=1S/C12H15N3O2S/c13-6-7-10(17)15-11(18)8(9(14)16)12(7)4-2-1-3-5-12/h7-8H,1-5H2,(H2,14,16)(H,15,17,18). The first-order chi connectivity index (χ1) is 8.53. The van der Waals surface area contributed by atoms with E-state index in [0.717, 1.165) is 19.3 Å². The number of carbonyl (C=O) groups is 2. The van der Waals surface area contributed by atoms with Gasteiger partial charge in [0.05, 0.1) is 17.0 Å². The van der Waals surface area contributed by atoms with E-state index < -0.39 is 23.2 Å². The van der Waals surface area contributed by atoms with E-state index in [9.17, 15) is 14.9 Å². The first-order valence-electron chi connectivity index (χ1n) is 6.06. The summed E-state index contributed by atoms with van der Waals surface area (Å²) < 4.78 is 0. The number of hydrogen-bond acceptors (Lipinski definition) is 4. The van der Waals surface area contributed by atoms with Gasteiger partial charge in [-0.1, -0.05) is 31.5 Å². The van der Waals surface area contributed by atoms with Gasteiger partial charge in [-0.25, -0.2) is 0 Å². The molecule has 0 aromatic rings. The molecule has 3 N–H and O–H groups in total. The third-order valence-corrected chi connectivity index (χ3v) is 4.46. The summed E-state index contributed by atoms with van der Waals surface area (Å²) in [5, 5.41) is 11.7. The van der Waals surface area contributed by atoms with E-state index >= 15 is 0 Å². The number of thiocarbonyl (C=S) groups is 1. The maximum atomic E-state index is 11.9. The van der Waals surface area contributed by atoms with Gasteiger partial charge in [-0.3, -0.25) is 9.59 Å². The highest BCUT2D eigenvalue weighted by atomic mass is 32.1. The quantitative estimate of drug-likeness (QED) is 0.680. The number of nitrogens with two attached hydrogens (primary N) is 1. The average molecular weight is 265 g/mol. The predicted octanol–water partition coefficient (Wildman–Crippen LogP) is 0.635. The number of amides is 2. The molecular weight excluding hydrogens is 250 g/mol. The lowest BCUT2D eigenvalue weighted by molar-refractivity contribution is -0.134. The van der Waals surface area contributed by atoms with E-state index in [4.69, 9.17) is 18.0 Å². The van der Waals surface area contributed by atoms with Crippen LogP contribution in [0.3, 0.4) is 0 Å². The van der Waals surface area contributed by atoms with Gasteiger partial charge in [-0.05, 0) is 12.8 Å². The summed E-state index contributed by atoms with van der Waals surface area (Å²) in [6.45, 7) is 0. The van der Waals surface area contributed by atoms with Gasteiger partial charge in [0, 0.05) is 5.41 Å². The molecule has 1 aliphatic carbocycles. The van der Waals surface area contributed by atoms with E-state index in [1.165, 1.54) is 0 Å². The molecule has 2 rings (SSSR count). The summed E-state index contributed by atoms with van der Waals surface area (Å²) in [5.74, 6) is -2.46. The number of rotatable bonds is 1. The fourth-order valence-corrected chi connectivity index (χ4v) is 3.79. The van der Waals surface area contributed by atoms with Gasteiger partial charge in [0.2, 0.25) is 11.8 Å². The van der Waals surface area contributed by atoms with Crippen molar-refractivity contribution in [3.63, 3.8) is 0 Å². The summed E-state index contributed by atoms with van der Waals surface area (Å²) in [6, 6.07) is 2.04. The largest absolute Gasteiger partial charge is 0.369 e. The van der Waals surface area contributed by atoms with Crippen LogP contribution in [-0.4, -0.2) is 16.8 Å². The second-order valence-electron chi connectivity index (χ2n) is 5.04. The van der Waals surface area contributed by atoms with E-state index in [2.05, 4.69) is 5.32 Å². The molecule has 1 aliphatic heterocycles. The van der Waals surface area contributed by atoms with E-state index in [1.807, 2.05) is 6.07 Å². The van der Waals surface area contributed by atoms with Crippen molar-refractivity contribution in [1.82, 2.24) is 5.32 Å². The van der Waals surface area contributed by atoms with Crippen LogP contribution in [0.4, 0.5) is 0 Å². The number of nitriles is 1. The zero-order valence-electron chi connectivity index (χ0n) is 9.94. The van der Waals surface area contributed by atoms with Gasteiger partial charge in [-0.2, -0.15) is 5.26 Å². The minimum absolute atomic E-state index is 0.181. The van der Waals surface area contributed by atoms with Crippen molar-refractivity contribution in [3.05, 3.63) is 0 Å². The van der Waals surface area contributed by atoms with Crippen LogP contribution in [0.15, 0.2) is 0 Å². The van der Waals surface area contributed by atoms with Gasteiger partial charge < -0.3 is 11.1 Å². The van der Waals surface area contributed by atoms with Crippen molar-refractivity contribution in [2.24, 2.45) is 23.0 Å². The minimum Gasteiger partial charge on any atom is -0.369 e. The van der Waals surface area contributed by atoms with Crippen molar-refractivity contribution >= 4 is 29.0 Å². The molecule has 6 heteroatoms. The maximum Gasteiger partial charge on any atom is 0.242 e. The molecule has 96 valence electrons. The van der Waals surface area contributed by atoms with Gasteiger partial charge in [0.1, 0.15) is 5.92 Å². The van der Waals surface area contributed by atoms with Crippen LogP contribution < -0.4 is 11.1 Å². The Hall–Kier alpha value is -1.48. The number of nitrogens with zero attached hydrogens (tertiary/aromatic N) is 1. The molecule has 2 amide bonds. The second kappa shape index (κ2) is 4.65. The highest BCUT2D eigenvalue weighted by Crippen LogP contribution is 2.50. The summed E-state index contributed by atoms with van der Waals surface area (Å²) in [7, 11) is 0. The summed E-state index contributed by atoms with van der Waals surface area (Å²) in [5.41, 5.74) is 4.76. The van der Waals surface area contributed by atoms with Gasteiger partial charge in [0.25, 0.3) is 0 Å². The normalized spacial score (nSPS) is 30.6. The van der Waals surface area contributed by atoms with Gasteiger partial charge >= 0.3 is 0 Å². The molecule has 0 bridgehead atoms. The Morgan fingerprint density at radius 3 is 2.56 bits per heavy atom. The third-order valence-electron chi connectivity index (χ3n) is 4.12. The zero-order valence-corrected chi connectivity index (χ0v) is 10.8. The second-order valence-corrected chi connectivity index (χ2v) is 5.48. The number of primary amides is 1. The van der Waals surface area contributed by atoms with Crippen LogP contribution in [0.2, 0.25) is 0 Å². The minimum atomic E-state index is -0.831. The van der Waals surface area contributed by atoms with Gasteiger partial charge in [0.15, 0.2) is 0 Å². The molecule has 1 spiro atoms. The van der Waals surface area contributed by atoms with E-state index in [-0.39, 0.29) is 10.9 Å². The predicted molar refractivity (Wildman–Crippen MR) is 68.0 cm³/mol. The monoisotopic (exact) mass is 265 g/mol. The first kappa shape index (κ1) is 13.0. The number of piperidine rings is 1. The molecule has 0 aromatic carbocycles. The Morgan fingerprint density at radius 1 is 1.44 bits per heavy atom. The Bertz CT molecular complexity index is 449. The molecule has 5 nitrogen and oxygen atoms in total. The van der Waals surface area contributed by atoms with Crippen LogP contribution in [0.25, 0.3) is 0 Å². The zero-order chi connectivity index (χ0) is 13.3. The lowest BCUT2D eigenvalue weighted by Gasteiger charge is -2.47. The van der Waals surface area contributed by atoms with Crippen molar-refractivity contribution in [1.29, 1.82) is 5.26 Å². The van der Waals surface area contributed by atoms with Crippen molar-refractivity contribution < 1.29 is 9.59 Å². The third kappa shape index (κ3) is 1.79. The molecule has 18 heavy (non-hydrogen) atoms. The molecule has 2 fully saturated rings. The summed E-state index contributed by atoms with van der Waals surface area (Å²) >= 11 is 5.09. The molecule has 0 radical (unpaired) electrons. The van der Waals surface area contributed by atoms with Crippen LogP contribution in [0.5, 0.6) is 0 Å². The highest BCUT2D eigenvalue weighted by molar-refractivity contribution is 7.80. The highest BCUT2D eigenvalue weighted by Gasteiger charge is 2.56. The van der Waals surface area contributed by atoms with E-state index in [1.54, 1.807) is 0 Å². The fraction of sp³-hybridized carbons (Fsp3) is 0.667. The van der Waals surface area contributed by atoms with Crippen LogP contribution in [-0.2, 0) is 9.59 Å². The van der Waals surface area contributed by atoms with Crippen LogP contribution >= 0.6 is 12.2 Å². The molecule has 2 atom stereocenters. The van der Waals surface area contributed by atoms with Crippen molar-refractivity contribution in [2.75, 3.05) is 0 Å². The topological polar surface area (TPSA) is 96.0 Å². The maximum absolute atomic E-state index is 11.9. The SMILES string of the molecule is N#CC1C(=O)NC(=S)C(C(N)=O)C12CCCCC2. The number of carbonyl (C=O) groups excluding carboxylic acids is 2. The molecule has 2 unspecified atom stereocenters. The summed E-state index contributed by atoms with van der Waals surface area (Å²) in [6.07, 6.45) is 4.17. The summed E-state index contributed by atoms with van der Waals surface area (Å²) in [4.78, 5) is 23.8. The Kier molecular flexibility index (Phi) is 3.35. The van der Waals surface area contributed by atoms with Crippen LogP contribution in [0, 0.1) is 28.6 Å². The van der Waals surface area contributed by atoms with Gasteiger partial charge in [-0.15, -0.1) is 0 Å². The smallest absolute Gasteiger partial charge is 0.242 e. The van der Waals surface area contributed by atoms with E-state index in [0.29, 0.717) is 12.8 Å². The molecule has 0 aromatic heterocycles. The Morgan fingerprint density at radius 2 is 2.06 bits per heavy atom.